The fourth-order valence-electron chi connectivity index (χ4n) is 1.69. The van der Waals surface area contributed by atoms with Crippen LogP contribution in [0.2, 0.25) is 0 Å². The normalized spacial score (nSPS) is 24.2. The lowest BCUT2D eigenvalue weighted by Crippen LogP contribution is -2.48. The van der Waals surface area contributed by atoms with Crippen LogP contribution in [0, 0.1) is 0 Å². The van der Waals surface area contributed by atoms with Crippen molar-refractivity contribution in [3.63, 3.8) is 0 Å². The van der Waals surface area contributed by atoms with Gasteiger partial charge < -0.3 is 9.84 Å². The number of ether oxygens (including phenoxy) is 1. The Kier molecular flexibility index (Phi) is 3.46. The fourth-order valence-corrected chi connectivity index (χ4v) is 1.69. The van der Waals surface area contributed by atoms with E-state index in [1.807, 2.05) is 0 Å². The Labute approximate surface area is 73.3 Å². The molecule has 0 aliphatic carbocycles. The first kappa shape index (κ1) is 9.92. The quantitative estimate of drug-likeness (QED) is 0.578. The van der Waals surface area contributed by atoms with E-state index < -0.39 is 0 Å². The van der Waals surface area contributed by atoms with E-state index in [4.69, 9.17) is 15.7 Å². The maximum absolute atomic E-state index is 8.86. The highest BCUT2D eigenvalue weighted by Crippen LogP contribution is 2.27. The molecule has 12 heavy (non-hydrogen) atoms. The van der Waals surface area contributed by atoms with Gasteiger partial charge in [0.1, 0.15) is 0 Å². The summed E-state index contributed by atoms with van der Waals surface area (Å²) in [5, 5.41) is 10.7. The van der Waals surface area contributed by atoms with E-state index in [-0.39, 0.29) is 12.2 Å². The SMILES string of the molecule is COC1(CCO)CCN(N)CC1. The van der Waals surface area contributed by atoms with Crippen LogP contribution in [0.3, 0.4) is 0 Å². The number of aliphatic hydroxyl groups excluding tert-OH is 1. The van der Waals surface area contributed by atoms with Gasteiger partial charge in [0.25, 0.3) is 0 Å². The van der Waals surface area contributed by atoms with E-state index >= 15 is 0 Å². The molecule has 0 bridgehead atoms. The molecule has 0 aromatic carbocycles. The van der Waals surface area contributed by atoms with Crippen LogP contribution in [0.1, 0.15) is 19.3 Å². The number of hydrogen-bond acceptors (Lipinski definition) is 4. The standard InChI is InChI=1S/C8H18N2O2/c1-12-8(4-7-11)2-5-10(9)6-3-8/h11H,2-7,9H2,1H3. The predicted octanol–water partition coefficient (Wildman–Crippen LogP) is -0.277. The topological polar surface area (TPSA) is 58.7 Å². The molecule has 0 spiro atoms. The molecule has 4 nitrogen and oxygen atoms in total. The van der Waals surface area contributed by atoms with E-state index in [0.717, 1.165) is 32.4 Å². The van der Waals surface area contributed by atoms with Crippen molar-refractivity contribution >= 4 is 0 Å². The molecule has 3 N–H and O–H groups in total. The van der Waals surface area contributed by atoms with Crippen molar-refractivity contribution in [1.82, 2.24) is 5.01 Å². The molecule has 0 atom stereocenters. The van der Waals surface area contributed by atoms with Crippen LogP contribution in [0.25, 0.3) is 0 Å². The van der Waals surface area contributed by atoms with Crippen molar-refractivity contribution in [2.45, 2.75) is 24.9 Å². The van der Waals surface area contributed by atoms with Crippen LogP contribution in [0.5, 0.6) is 0 Å². The number of methoxy groups -OCH3 is 1. The predicted molar refractivity (Wildman–Crippen MR) is 46.4 cm³/mol. The van der Waals surface area contributed by atoms with Gasteiger partial charge in [-0.25, -0.2) is 5.01 Å². The van der Waals surface area contributed by atoms with E-state index in [9.17, 15) is 0 Å². The van der Waals surface area contributed by atoms with Gasteiger partial charge in [-0.2, -0.15) is 0 Å². The van der Waals surface area contributed by atoms with E-state index in [2.05, 4.69) is 0 Å². The van der Waals surface area contributed by atoms with Crippen LogP contribution in [-0.4, -0.2) is 42.5 Å². The first-order chi connectivity index (χ1) is 5.72. The van der Waals surface area contributed by atoms with Gasteiger partial charge in [-0.1, -0.05) is 0 Å². The molecule has 1 saturated heterocycles. The van der Waals surface area contributed by atoms with Crippen LogP contribution in [-0.2, 0) is 4.74 Å². The van der Waals surface area contributed by atoms with Crippen molar-refractivity contribution in [2.24, 2.45) is 5.84 Å². The lowest BCUT2D eigenvalue weighted by molar-refractivity contribution is -0.0705. The average Bonchev–Trinajstić information content (AvgIpc) is 2.10. The third-order valence-corrected chi connectivity index (χ3v) is 2.71. The number of aliphatic hydroxyl groups is 1. The van der Waals surface area contributed by atoms with Crippen molar-refractivity contribution in [2.75, 3.05) is 26.8 Å². The second-order valence-corrected chi connectivity index (χ2v) is 3.40. The van der Waals surface area contributed by atoms with Gasteiger partial charge in [0, 0.05) is 26.8 Å². The van der Waals surface area contributed by atoms with Crippen LogP contribution >= 0.6 is 0 Å². The number of hydrazine groups is 1. The second kappa shape index (κ2) is 4.18. The maximum Gasteiger partial charge on any atom is 0.0726 e. The molecular formula is C8H18N2O2. The molecule has 1 rings (SSSR count). The Morgan fingerprint density at radius 1 is 1.50 bits per heavy atom. The summed E-state index contributed by atoms with van der Waals surface area (Å²) < 4.78 is 5.43. The average molecular weight is 174 g/mol. The zero-order valence-corrected chi connectivity index (χ0v) is 7.62. The molecule has 0 amide bonds. The van der Waals surface area contributed by atoms with Crippen molar-refractivity contribution < 1.29 is 9.84 Å². The van der Waals surface area contributed by atoms with E-state index in [0.29, 0.717) is 0 Å². The lowest BCUT2D eigenvalue weighted by Gasteiger charge is -2.38. The molecule has 72 valence electrons. The zero-order valence-electron chi connectivity index (χ0n) is 7.62. The molecule has 1 aliphatic heterocycles. The first-order valence-corrected chi connectivity index (χ1v) is 4.38. The smallest absolute Gasteiger partial charge is 0.0726 e. The van der Waals surface area contributed by atoms with Gasteiger partial charge >= 0.3 is 0 Å². The summed E-state index contributed by atoms with van der Waals surface area (Å²) in [7, 11) is 1.71. The van der Waals surface area contributed by atoms with Crippen LogP contribution in [0.4, 0.5) is 0 Å². The summed E-state index contributed by atoms with van der Waals surface area (Å²) in [5.41, 5.74) is -0.120. The Balaban J connectivity index is 2.45. The molecule has 0 unspecified atom stereocenters. The largest absolute Gasteiger partial charge is 0.396 e. The molecule has 1 heterocycles. The third kappa shape index (κ3) is 2.17. The molecule has 0 saturated carbocycles. The van der Waals surface area contributed by atoms with Crippen LogP contribution in [0.15, 0.2) is 0 Å². The van der Waals surface area contributed by atoms with Gasteiger partial charge in [0.05, 0.1) is 5.60 Å². The van der Waals surface area contributed by atoms with Crippen molar-refractivity contribution in [1.29, 1.82) is 0 Å². The molecule has 0 aromatic heterocycles. The summed E-state index contributed by atoms with van der Waals surface area (Å²) in [5.74, 6) is 5.62. The monoisotopic (exact) mass is 174 g/mol. The summed E-state index contributed by atoms with van der Waals surface area (Å²) in [4.78, 5) is 0. The van der Waals surface area contributed by atoms with Gasteiger partial charge in [-0.05, 0) is 19.3 Å². The number of nitrogens with two attached hydrogens (primary N) is 1. The highest BCUT2D eigenvalue weighted by atomic mass is 16.5. The fraction of sp³-hybridized carbons (Fsp3) is 1.00. The Bertz CT molecular complexity index is 133. The number of piperidine rings is 1. The highest BCUT2D eigenvalue weighted by molar-refractivity contribution is 4.85. The molecular weight excluding hydrogens is 156 g/mol. The Morgan fingerprint density at radius 3 is 2.50 bits per heavy atom. The highest BCUT2D eigenvalue weighted by Gasteiger charge is 2.32. The minimum atomic E-state index is -0.120. The number of hydrogen-bond donors (Lipinski definition) is 2. The maximum atomic E-state index is 8.86. The zero-order chi connectivity index (χ0) is 9.03. The van der Waals surface area contributed by atoms with Crippen molar-refractivity contribution in [3.8, 4) is 0 Å². The first-order valence-electron chi connectivity index (χ1n) is 4.38. The van der Waals surface area contributed by atoms with Crippen LogP contribution < -0.4 is 5.84 Å². The Hall–Kier alpha value is -0.160. The summed E-state index contributed by atoms with van der Waals surface area (Å²) in [6, 6.07) is 0. The third-order valence-electron chi connectivity index (χ3n) is 2.71. The molecule has 0 aromatic rings. The van der Waals surface area contributed by atoms with E-state index in [1.54, 1.807) is 12.1 Å². The summed E-state index contributed by atoms with van der Waals surface area (Å²) in [6.07, 6.45) is 2.55. The molecule has 1 aliphatic rings. The number of nitrogens with zero attached hydrogens (tertiary/aromatic N) is 1. The van der Waals surface area contributed by atoms with Gasteiger partial charge in [0.15, 0.2) is 0 Å². The lowest BCUT2D eigenvalue weighted by atomic mass is 9.89. The molecule has 4 heteroatoms. The minimum absolute atomic E-state index is 0.120. The van der Waals surface area contributed by atoms with Gasteiger partial charge in [-0.3, -0.25) is 5.84 Å². The molecule has 0 radical (unpaired) electrons. The van der Waals surface area contributed by atoms with Crippen molar-refractivity contribution in [3.05, 3.63) is 0 Å². The Morgan fingerprint density at radius 2 is 2.08 bits per heavy atom. The van der Waals surface area contributed by atoms with Gasteiger partial charge in [0.2, 0.25) is 0 Å². The second-order valence-electron chi connectivity index (χ2n) is 3.40. The summed E-state index contributed by atoms with van der Waals surface area (Å²) >= 11 is 0. The summed E-state index contributed by atoms with van der Waals surface area (Å²) in [6.45, 7) is 1.90. The van der Waals surface area contributed by atoms with Gasteiger partial charge in [-0.15, -0.1) is 0 Å². The minimum Gasteiger partial charge on any atom is -0.396 e. The van der Waals surface area contributed by atoms with E-state index in [1.165, 1.54) is 0 Å². The number of rotatable bonds is 3. The molecule has 1 fully saturated rings.